The van der Waals surface area contributed by atoms with Gasteiger partial charge >= 0.3 is 0 Å². The van der Waals surface area contributed by atoms with E-state index in [-0.39, 0.29) is 29.7 Å². The number of rotatable bonds is 6. The van der Waals surface area contributed by atoms with Crippen LogP contribution >= 0.6 is 0 Å². The highest BCUT2D eigenvalue weighted by molar-refractivity contribution is 7.89. The van der Waals surface area contributed by atoms with E-state index in [1.54, 1.807) is 12.1 Å². The van der Waals surface area contributed by atoms with E-state index in [0.29, 0.717) is 6.42 Å². The first-order valence-electron chi connectivity index (χ1n) is 9.35. The van der Waals surface area contributed by atoms with Gasteiger partial charge in [-0.05, 0) is 48.6 Å². The van der Waals surface area contributed by atoms with Gasteiger partial charge in [0.25, 0.3) is 5.91 Å². The third-order valence-corrected chi connectivity index (χ3v) is 5.70. The van der Waals surface area contributed by atoms with E-state index in [1.807, 2.05) is 23.1 Å². The van der Waals surface area contributed by atoms with E-state index in [9.17, 15) is 18.0 Å². The fourth-order valence-electron chi connectivity index (χ4n) is 3.29. The first-order valence-corrected chi connectivity index (χ1v) is 10.9. The fourth-order valence-corrected chi connectivity index (χ4v) is 3.81. The normalized spacial score (nSPS) is 13.5. The van der Waals surface area contributed by atoms with Crippen LogP contribution in [-0.4, -0.2) is 33.3 Å². The van der Waals surface area contributed by atoms with E-state index in [1.165, 1.54) is 17.7 Å². The molecule has 0 atom stereocenters. The van der Waals surface area contributed by atoms with Crippen LogP contribution in [0.2, 0.25) is 0 Å². The molecule has 1 aliphatic rings. The lowest BCUT2D eigenvalue weighted by Crippen LogP contribution is -2.47. The monoisotopic (exact) mass is 416 g/mol. The average Bonchev–Trinajstić information content (AvgIpc) is 2.71. The number of hydrogen-bond acceptors (Lipinski definition) is 5. The molecule has 0 spiro atoms. The number of fused-ring (bicyclic) bond motifs is 1. The summed E-state index contributed by atoms with van der Waals surface area (Å²) >= 11 is 0. The third kappa shape index (κ3) is 5.78. The number of primary sulfonamides is 1. The van der Waals surface area contributed by atoms with Crippen molar-refractivity contribution in [3.05, 3.63) is 59.7 Å². The van der Waals surface area contributed by atoms with E-state index in [0.717, 1.165) is 30.6 Å². The summed E-state index contributed by atoms with van der Waals surface area (Å²) in [7, 11) is -3.73. The van der Waals surface area contributed by atoms with Crippen molar-refractivity contribution in [3.63, 3.8) is 0 Å². The number of para-hydroxylation sites is 1. The van der Waals surface area contributed by atoms with Gasteiger partial charge in [-0.2, -0.15) is 0 Å². The number of aryl methyl sites for hydroxylation is 2. The summed E-state index contributed by atoms with van der Waals surface area (Å²) in [5.41, 5.74) is 7.95. The van der Waals surface area contributed by atoms with Crippen LogP contribution in [0.5, 0.6) is 0 Å². The molecule has 0 bridgehead atoms. The Morgan fingerprint density at radius 1 is 1.00 bits per heavy atom. The van der Waals surface area contributed by atoms with E-state index in [4.69, 9.17) is 5.14 Å². The summed E-state index contributed by atoms with van der Waals surface area (Å²) in [6, 6.07) is 14.0. The number of nitrogens with one attached hydrogen (secondary N) is 2. The van der Waals surface area contributed by atoms with E-state index in [2.05, 4.69) is 16.9 Å². The Morgan fingerprint density at radius 2 is 1.69 bits per heavy atom. The minimum atomic E-state index is -3.73. The number of hydrogen-bond donors (Lipinski definition) is 3. The summed E-state index contributed by atoms with van der Waals surface area (Å²) < 4.78 is 22.5. The van der Waals surface area contributed by atoms with Crippen LogP contribution in [0, 0.1) is 0 Å². The number of hydrazine groups is 1. The molecular formula is C20H24N4O4S. The second-order valence-corrected chi connectivity index (χ2v) is 8.50. The Hall–Kier alpha value is -2.91. The van der Waals surface area contributed by atoms with E-state index < -0.39 is 10.0 Å². The minimum absolute atomic E-state index is 0.0252. The van der Waals surface area contributed by atoms with Crippen molar-refractivity contribution < 1.29 is 18.0 Å². The maximum atomic E-state index is 12.2. The van der Waals surface area contributed by atoms with E-state index >= 15 is 0 Å². The van der Waals surface area contributed by atoms with Crippen LogP contribution in [0.1, 0.15) is 24.0 Å². The van der Waals surface area contributed by atoms with Crippen molar-refractivity contribution in [3.8, 4) is 0 Å². The van der Waals surface area contributed by atoms with Crippen LogP contribution in [0.25, 0.3) is 0 Å². The van der Waals surface area contributed by atoms with Gasteiger partial charge in [-0.15, -0.1) is 0 Å². The van der Waals surface area contributed by atoms with Crippen LogP contribution < -0.4 is 20.9 Å². The van der Waals surface area contributed by atoms with Crippen LogP contribution in [-0.2, 0) is 32.5 Å². The predicted molar refractivity (Wildman–Crippen MR) is 109 cm³/mol. The van der Waals surface area contributed by atoms with Crippen LogP contribution in [0.15, 0.2) is 53.4 Å². The molecule has 2 aromatic carbocycles. The Balaban J connectivity index is 1.43. The van der Waals surface area contributed by atoms with Crippen molar-refractivity contribution in [1.29, 1.82) is 0 Å². The third-order valence-electron chi connectivity index (χ3n) is 4.77. The Bertz CT molecular complexity index is 990. The number of nitrogens with two attached hydrogens (primary N) is 1. The molecule has 154 valence electrons. The van der Waals surface area contributed by atoms with Gasteiger partial charge in [0.2, 0.25) is 15.9 Å². The molecule has 2 amide bonds. The lowest BCUT2D eigenvalue weighted by atomic mass is 10.0. The maximum absolute atomic E-state index is 12.2. The smallest absolute Gasteiger partial charge is 0.257 e. The van der Waals surface area contributed by atoms with Gasteiger partial charge in [0, 0.05) is 18.7 Å². The molecule has 0 aromatic heterocycles. The Kier molecular flexibility index (Phi) is 6.50. The van der Waals surface area contributed by atoms with Crippen molar-refractivity contribution in [1.82, 2.24) is 10.9 Å². The average molecular weight is 417 g/mol. The van der Waals surface area contributed by atoms with Crippen molar-refractivity contribution >= 4 is 27.5 Å². The van der Waals surface area contributed by atoms with Gasteiger partial charge in [-0.1, -0.05) is 30.3 Å². The first kappa shape index (κ1) is 20.8. The van der Waals surface area contributed by atoms with Gasteiger partial charge in [0.1, 0.15) is 0 Å². The van der Waals surface area contributed by atoms with Gasteiger partial charge in [0.05, 0.1) is 11.4 Å². The Labute approximate surface area is 170 Å². The number of carbonyl (C=O) groups is 2. The molecule has 0 saturated carbocycles. The van der Waals surface area contributed by atoms with Crippen molar-refractivity contribution in [2.45, 2.75) is 30.6 Å². The topological polar surface area (TPSA) is 122 Å². The molecule has 0 radical (unpaired) electrons. The molecule has 0 unspecified atom stereocenters. The van der Waals surface area contributed by atoms with Gasteiger partial charge < -0.3 is 4.90 Å². The second-order valence-electron chi connectivity index (χ2n) is 6.94. The van der Waals surface area contributed by atoms with Gasteiger partial charge in [-0.25, -0.2) is 13.6 Å². The molecule has 0 fully saturated rings. The second kappa shape index (κ2) is 9.06. The molecule has 1 aliphatic heterocycles. The lowest BCUT2D eigenvalue weighted by Gasteiger charge is -2.30. The molecule has 4 N–H and O–H groups in total. The molecule has 0 aliphatic carbocycles. The predicted octanol–water partition coefficient (Wildman–Crippen LogP) is 0.867. The summed E-state index contributed by atoms with van der Waals surface area (Å²) in [6.45, 7) is 0.971. The summed E-state index contributed by atoms with van der Waals surface area (Å²) in [5, 5.41) is 5.05. The molecule has 0 saturated heterocycles. The molecule has 9 heteroatoms. The molecule has 29 heavy (non-hydrogen) atoms. The summed E-state index contributed by atoms with van der Waals surface area (Å²) in [6.07, 6.45) is 2.55. The molecule has 8 nitrogen and oxygen atoms in total. The number of carbonyl (C=O) groups excluding carboxylic acids is 2. The largest absolute Gasteiger partial charge is 0.362 e. The zero-order valence-corrected chi connectivity index (χ0v) is 16.7. The number of amides is 2. The maximum Gasteiger partial charge on any atom is 0.257 e. The zero-order chi connectivity index (χ0) is 20.9. The highest BCUT2D eigenvalue weighted by atomic mass is 32.2. The quantitative estimate of drug-likeness (QED) is 0.603. The minimum Gasteiger partial charge on any atom is -0.362 e. The summed E-state index contributed by atoms with van der Waals surface area (Å²) in [4.78, 5) is 26.2. The molecule has 2 aromatic rings. The van der Waals surface area contributed by atoms with Crippen LogP contribution in [0.4, 0.5) is 5.69 Å². The number of sulfonamides is 1. The Morgan fingerprint density at radius 3 is 2.41 bits per heavy atom. The first-order chi connectivity index (χ1) is 13.8. The SMILES string of the molecule is NS(=O)(=O)c1ccc(CCC(=O)NNC(=O)CN2CCCc3ccccc32)cc1. The van der Waals surface area contributed by atoms with Gasteiger partial charge in [0.15, 0.2) is 0 Å². The zero-order valence-electron chi connectivity index (χ0n) is 15.9. The van der Waals surface area contributed by atoms with Crippen molar-refractivity contribution in [2.24, 2.45) is 5.14 Å². The lowest BCUT2D eigenvalue weighted by molar-refractivity contribution is -0.128. The molecule has 1 heterocycles. The molecule has 3 rings (SSSR count). The molecular weight excluding hydrogens is 392 g/mol. The number of anilines is 1. The van der Waals surface area contributed by atoms with Crippen molar-refractivity contribution in [2.75, 3.05) is 18.0 Å². The summed E-state index contributed by atoms with van der Waals surface area (Å²) in [5.74, 6) is -0.611. The fraction of sp³-hybridized carbons (Fsp3) is 0.300. The number of nitrogens with zero attached hydrogens (tertiary/aromatic N) is 1. The highest BCUT2D eigenvalue weighted by Crippen LogP contribution is 2.26. The van der Waals surface area contributed by atoms with Gasteiger partial charge in [-0.3, -0.25) is 20.4 Å². The highest BCUT2D eigenvalue weighted by Gasteiger charge is 2.18. The standard InChI is InChI=1S/C20H24N4O4S/c21-29(27,28)17-10-7-15(8-11-17)9-12-19(25)22-23-20(26)14-24-13-3-5-16-4-1-2-6-18(16)24/h1-2,4,6-8,10-11H,3,5,9,12-14H2,(H,22,25)(H,23,26)(H2,21,27,28). The van der Waals surface area contributed by atoms with Crippen LogP contribution in [0.3, 0.4) is 0 Å². The number of benzene rings is 2.